The van der Waals surface area contributed by atoms with Crippen molar-refractivity contribution >= 4 is 27.5 Å². The Balaban J connectivity index is 1.26. The molecule has 2 aromatic carbocycles. The molecule has 2 aromatic rings. The van der Waals surface area contributed by atoms with Crippen LogP contribution in [0.15, 0.2) is 30.3 Å². The molecule has 7 nitrogen and oxygen atoms in total. The molecular formula is C30H43N3O4S2. The molecule has 2 heterocycles. The largest absolute Gasteiger partial charge is 0.508 e. The van der Waals surface area contributed by atoms with Crippen LogP contribution >= 0.6 is 21.6 Å². The normalized spacial score (nSPS) is 16.7. The number of methoxy groups -OCH3 is 1. The highest BCUT2D eigenvalue weighted by Gasteiger charge is 2.28. The van der Waals surface area contributed by atoms with E-state index in [4.69, 9.17) is 4.74 Å². The molecule has 0 spiro atoms. The third-order valence-corrected chi connectivity index (χ3v) is 10.7. The van der Waals surface area contributed by atoms with Gasteiger partial charge in [0.1, 0.15) is 11.5 Å². The summed E-state index contributed by atoms with van der Waals surface area (Å²) in [5.74, 6) is 0.813. The van der Waals surface area contributed by atoms with Crippen LogP contribution in [0.2, 0.25) is 0 Å². The topological polar surface area (TPSA) is 76.5 Å². The molecule has 39 heavy (non-hydrogen) atoms. The van der Waals surface area contributed by atoms with Crippen molar-refractivity contribution < 1.29 is 19.7 Å². The highest BCUT2D eigenvalue weighted by molar-refractivity contribution is 8.77. The van der Waals surface area contributed by atoms with Gasteiger partial charge in [-0.25, -0.2) is 0 Å². The third-order valence-electron chi connectivity index (χ3n) is 7.42. The van der Waals surface area contributed by atoms with Gasteiger partial charge in [0.05, 0.1) is 12.2 Å². The predicted molar refractivity (Wildman–Crippen MR) is 162 cm³/mol. The molecule has 4 rings (SSSR count). The van der Waals surface area contributed by atoms with Crippen LogP contribution in [-0.2, 0) is 24.4 Å². The minimum Gasteiger partial charge on any atom is -0.508 e. The van der Waals surface area contributed by atoms with Crippen LogP contribution in [0, 0.1) is 0 Å². The van der Waals surface area contributed by atoms with Crippen LogP contribution in [0.1, 0.15) is 66.2 Å². The summed E-state index contributed by atoms with van der Waals surface area (Å²) in [5, 5.41) is 20.5. The Morgan fingerprint density at radius 2 is 1.69 bits per heavy atom. The maximum Gasteiger partial charge on any atom is 0.258 e. The maximum atomic E-state index is 13.3. The lowest BCUT2D eigenvalue weighted by Crippen LogP contribution is -2.46. The molecule has 0 radical (unpaired) electrons. The molecule has 0 saturated carbocycles. The number of fused-ring (bicyclic) bond motifs is 1. The molecule has 1 fully saturated rings. The van der Waals surface area contributed by atoms with E-state index in [1.807, 2.05) is 35.4 Å². The Morgan fingerprint density at radius 1 is 1.00 bits per heavy atom. The standard InChI is InChI=1S/C30H43N3O4S2/c1-21(2)25-15-26(28(35)16-27(25)34)29(36)33-18-23-7-6-22(14-24(23)19-33)17-32-10-8-31(9-11-32)12-13-38-39-30(3,4)20-37-5/h6-7,14-16,21,34-35H,8-13,17-20H2,1-5H3. The van der Waals surface area contributed by atoms with Crippen LogP contribution < -0.4 is 0 Å². The van der Waals surface area contributed by atoms with Gasteiger partial charge >= 0.3 is 0 Å². The average molecular weight is 574 g/mol. The van der Waals surface area contributed by atoms with Gasteiger partial charge in [0.15, 0.2) is 0 Å². The highest BCUT2D eigenvalue weighted by Crippen LogP contribution is 2.36. The Kier molecular flexibility index (Phi) is 10.1. The zero-order valence-corrected chi connectivity index (χ0v) is 25.5. The molecule has 0 aromatic heterocycles. The zero-order valence-electron chi connectivity index (χ0n) is 23.9. The number of rotatable bonds is 11. The van der Waals surface area contributed by atoms with Crippen molar-refractivity contribution in [2.75, 3.05) is 52.2 Å². The SMILES string of the molecule is COCC(C)(C)SSCCN1CCN(Cc2ccc3c(c2)CN(C(=O)c2cc(C(C)C)c(O)cc2O)C3)CC1. The van der Waals surface area contributed by atoms with Gasteiger partial charge in [-0.1, -0.05) is 53.6 Å². The number of hydrogen-bond donors (Lipinski definition) is 2. The van der Waals surface area contributed by atoms with E-state index in [0.29, 0.717) is 18.7 Å². The summed E-state index contributed by atoms with van der Waals surface area (Å²) in [6.45, 7) is 16.5. The molecule has 1 amide bonds. The van der Waals surface area contributed by atoms with Gasteiger partial charge in [-0.15, -0.1) is 0 Å². The Hall–Kier alpha value is -1.91. The van der Waals surface area contributed by atoms with Crippen molar-refractivity contribution in [2.24, 2.45) is 0 Å². The van der Waals surface area contributed by atoms with Crippen molar-refractivity contribution in [3.63, 3.8) is 0 Å². The van der Waals surface area contributed by atoms with Crippen molar-refractivity contribution in [1.29, 1.82) is 0 Å². The first kappa shape index (κ1) is 30.1. The van der Waals surface area contributed by atoms with E-state index >= 15 is 0 Å². The van der Waals surface area contributed by atoms with E-state index in [-0.39, 0.29) is 33.6 Å². The minimum absolute atomic E-state index is 0.0223. The zero-order chi connectivity index (χ0) is 28.2. The Bertz CT molecular complexity index is 1150. The lowest BCUT2D eigenvalue weighted by Gasteiger charge is -2.34. The number of phenolic OH excluding ortho intramolecular Hbond substituents is 2. The molecule has 2 aliphatic rings. The summed E-state index contributed by atoms with van der Waals surface area (Å²) >= 11 is 0. The second kappa shape index (κ2) is 13.2. The van der Waals surface area contributed by atoms with Gasteiger partial charge < -0.3 is 19.8 Å². The predicted octanol–water partition coefficient (Wildman–Crippen LogP) is 5.30. The van der Waals surface area contributed by atoms with Gasteiger partial charge in [-0.3, -0.25) is 14.6 Å². The first-order valence-electron chi connectivity index (χ1n) is 13.8. The smallest absolute Gasteiger partial charge is 0.258 e. The van der Waals surface area contributed by atoms with Crippen molar-refractivity contribution in [1.82, 2.24) is 14.7 Å². The average Bonchev–Trinajstić information content (AvgIpc) is 3.30. The number of hydrogen-bond acceptors (Lipinski definition) is 8. The lowest BCUT2D eigenvalue weighted by molar-refractivity contribution is 0.0748. The van der Waals surface area contributed by atoms with E-state index in [1.54, 1.807) is 18.1 Å². The van der Waals surface area contributed by atoms with E-state index in [9.17, 15) is 15.0 Å². The fraction of sp³-hybridized carbons (Fsp3) is 0.567. The number of carbonyl (C=O) groups excluding carboxylic acids is 1. The molecule has 2 N–H and O–H groups in total. The van der Waals surface area contributed by atoms with Crippen molar-refractivity contribution in [3.05, 3.63) is 58.1 Å². The summed E-state index contributed by atoms with van der Waals surface area (Å²) in [7, 11) is 5.62. The van der Waals surface area contributed by atoms with E-state index < -0.39 is 0 Å². The molecule has 0 atom stereocenters. The summed E-state index contributed by atoms with van der Waals surface area (Å²) < 4.78 is 5.45. The van der Waals surface area contributed by atoms with Crippen LogP contribution in [-0.4, -0.2) is 87.8 Å². The fourth-order valence-corrected chi connectivity index (χ4v) is 7.73. The first-order valence-corrected chi connectivity index (χ1v) is 16.1. The molecule has 0 aliphatic carbocycles. The van der Waals surface area contributed by atoms with E-state index in [0.717, 1.165) is 57.2 Å². The highest BCUT2D eigenvalue weighted by atomic mass is 33.1. The summed E-state index contributed by atoms with van der Waals surface area (Å²) in [5.41, 5.74) is 4.52. The number of amides is 1. The van der Waals surface area contributed by atoms with Gasteiger partial charge in [0, 0.05) is 76.0 Å². The summed E-state index contributed by atoms with van der Waals surface area (Å²) in [4.78, 5) is 20.1. The van der Waals surface area contributed by atoms with Gasteiger partial charge in [-0.05, 0) is 48.1 Å². The fourth-order valence-electron chi connectivity index (χ4n) is 5.26. The second-order valence-electron chi connectivity index (χ2n) is 11.6. The molecular weight excluding hydrogens is 530 g/mol. The van der Waals surface area contributed by atoms with Gasteiger partial charge in [0.25, 0.3) is 5.91 Å². The van der Waals surface area contributed by atoms with Gasteiger partial charge in [0.2, 0.25) is 0 Å². The summed E-state index contributed by atoms with van der Waals surface area (Å²) in [6, 6.07) is 9.48. The number of benzene rings is 2. The Labute approximate surface area is 241 Å². The third kappa shape index (κ3) is 7.85. The summed E-state index contributed by atoms with van der Waals surface area (Å²) in [6.07, 6.45) is 0. The van der Waals surface area contributed by atoms with Crippen LogP contribution in [0.4, 0.5) is 0 Å². The number of carbonyl (C=O) groups is 1. The molecule has 0 unspecified atom stereocenters. The van der Waals surface area contributed by atoms with Crippen molar-refractivity contribution in [2.45, 2.75) is 58.0 Å². The van der Waals surface area contributed by atoms with Gasteiger partial charge in [-0.2, -0.15) is 0 Å². The maximum absolute atomic E-state index is 13.3. The minimum atomic E-state index is -0.206. The first-order chi connectivity index (χ1) is 18.6. The number of nitrogens with zero attached hydrogens (tertiary/aromatic N) is 3. The molecule has 2 aliphatic heterocycles. The van der Waals surface area contributed by atoms with Crippen LogP contribution in [0.3, 0.4) is 0 Å². The van der Waals surface area contributed by atoms with Crippen LogP contribution in [0.25, 0.3) is 0 Å². The Morgan fingerprint density at radius 3 is 2.38 bits per heavy atom. The number of ether oxygens (including phenoxy) is 1. The second-order valence-corrected chi connectivity index (χ2v) is 14.7. The van der Waals surface area contributed by atoms with Crippen LogP contribution in [0.5, 0.6) is 11.5 Å². The van der Waals surface area contributed by atoms with Crippen molar-refractivity contribution in [3.8, 4) is 11.5 Å². The molecule has 1 saturated heterocycles. The molecule has 9 heteroatoms. The number of aromatic hydroxyl groups is 2. The van der Waals surface area contributed by atoms with E-state index in [1.165, 1.54) is 17.2 Å². The lowest BCUT2D eigenvalue weighted by atomic mass is 9.98. The monoisotopic (exact) mass is 573 g/mol. The molecule has 0 bridgehead atoms. The molecule has 214 valence electrons. The quantitative estimate of drug-likeness (QED) is 0.277. The number of piperazine rings is 1. The van der Waals surface area contributed by atoms with E-state index in [2.05, 4.69) is 41.8 Å². The number of phenols is 2.